The second-order valence-corrected chi connectivity index (χ2v) is 4.64. The molecule has 0 aliphatic rings. The highest BCUT2D eigenvalue weighted by Gasteiger charge is 2.30. The van der Waals surface area contributed by atoms with Crippen LogP contribution in [-0.4, -0.2) is 4.98 Å². The van der Waals surface area contributed by atoms with Crippen molar-refractivity contribution < 1.29 is 22.0 Å². The van der Waals surface area contributed by atoms with Gasteiger partial charge in [0.15, 0.2) is 11.4 Å². The number of hydrogen-bond donors (Lipinski definition) is 0. The summed E-state index contributed by atoms with van der Waals surface area (Å²) in [6.07, 6.45) is -4.40. The van der Waals surface area contributed by atoms with Crippen molar-refractivity contribution in [1.82, 2.24) is 4.98 Å². The van der Waals surface area contributed by atoms with Crippen molar-refractivity contribution >= 4 is 11.1 Å². The molecule has 0 aliphatic carbocycles. The molecule has 23 heavy (non-hydrogen) atoms. The zero-order chi connectivity index (χ0) is 17.2. The standard InChI is InChI=1S/C15H9F4NO.C2H6/c1-8-2-7-11-13(12(8)16)21-14(20-11)9-3-5-10(6-4-9)15(17,18)19;1-2/h2-7H,1H3;1-2H3. The Morgan fingerprint density at radius 3 is 2.13 bits per heavy atom. The van der Waals surface area contributed by atoms with E-state index in [4.69, 9.17) is 4.42 Å². The average Bonchev–Trinajstić information content (AvgIpc) is 2.97. The number of benzene rings is 2. The molecular weight excluding hydrogens is 310 g/mol. The van der Waals surface area contributed by atoms with E-state index in [-0.39, 0.29) is 11.5 Å². The molecular formula is C17H15F4NO. The third-order valence-corrected chi connectivity index (χ3v) is 3.15. The third-order valence-electron chi connectivity index (χ3n) is 3.15. The van der Waals surface area contributed by atoms with Gasteiger partial charge in [-0.05, 0) is 42.8 Å². The molecule has 0 aliphatic heterocycles. The summed E-state index contributed by atoms with van der Waals surface area (Å²) >= 11 is 0. The molecule has 6 heteroatoms. The molecule has 1 aromatic heterocycles. The zero-order valence-electron chi connectivity index (χ0n) is 12.8. The number of nitrogens with zero attached hydrogens (tertiary/aromatic N) is 1. The fourth-order valence-electron chi connectivity index (χ4n) is 1.98. The molecule has 0 unspecified atom stereocenters. The molecule has 3 rings (SSSR count). The number of halogens is 4. The van der Waals surface area contributed by atoms with Gasteiger partial charge in [0.05, 0.1) is 5.56 Å². The Bertz CT molecular complexity index is 804. The molecule has 0 spiro atoms. The number of aryl methyl sites for hydroxylation is 1. The molecule has 0 fully saturated rings. The Balaban J connectivity index is 0.000000924. The van der Waals surface area contributed by atoms with E-state index < -0.39 is 17.6 Å². The first-order chi connectivity index (χ1) is 10.9. The minimum absolute atomic E-state index is 0.00454. The highest BCUT2D eigenvalue weighted by atomic mass is 19.4. The van der Waals surface area contributed by atoms with Gasteiger partial charge in [0, 0.05) is 5.56 Å². The smallest absolute Gasteiger partial charge is 0.416 e. The van der Waals surface area contributed by atoms with Crippen molar-refractivity contribution in [1.29, 1.82) is 0 Å². The number of fused-ring (bicyclic) bond motifs is 1. The highest BCUT2D eigenvalue weighted by molar-refractivity contribution is 5.77. The lowest BCUT2D eigenvalue weighted by molar-refractivity contribution is -0.137. The van der Waals surface area contributed by atoms with Gasteiger partial charge in [-0.1, -0.05) is 19.9 Å². The van der Waals surface area contributed by atoms with Crippen LogP contribution in [0.1, 0.15) is 25.0 Å². The lowest BCUT2D eigenvalue weighted by Gasteiger charge is -2.05. The van der Waals surface area contributed by atoms with Crippen molar-refractivity contribution in [3.63, 3.8) is 0 Å². The Kier molecular flexibility index (Phi) is 4.73. The summed E-state index contributed by atoms with van der Waals surface area (Å²) in [7, 11) is 0. The molecule has 0 N–H and O–H groups in total. The van der Waals surface area contributed by atoms with Gasteiger partial charge in [0.2, 0.25) is 5.89 Å². The van der Waals surface area contributed by atoms with E-state index in [1.54, 1.807) is 19.1 Å². The molecule has 3 aromatic rings. The molecule has 0 amide bonds. The fraction of sp³-hybridized carbons (Fsp3) is 0.235. The van der Waals surface area contributed by atoms with Crippen LogP contribution in [0.15, 0.2) is 40.8 Å². The maximum atomic E-state index is 13.9. The van der Waals surface area contributed by atoms with Gasteiger partial charge in [-0.25, -0.2) is 9.37 Å². The largest absolute Gasteiger partial charge is 0.433 e. The van der Waals surface area contributed by atoms with Crippen LogP contribution in [0, 0.1) is 12.7 Å². The SMILES string of the molecule is CC.Cc1ccc2nc(-c3ccc(C(F)(F)F)cc3)oc2c1F. The van der Waals surface area contributed by atoms with E-state index in [0.29, 0.717) is 16.6 Å². The average molecular weight is 325 g/mol. The number of alkyl halides is 3. The third kappa shape index (κ3) is 3.36. The van der Waals surface area contributed by atoms with Crippen molar-refractivity contribution in [3.8, 4) is 11.5 Å². The van der Waals surface area contributed by atoms with Crippen molar-refractivity contribution in [2.75, 3.05) is 0 Å². The predicted molar refractivity (Wildman–Crippen MR) is 80.5 cm³/mol. The van der Waals surface area contributed by atoms with Crippen molar-refractivity contribution in [3.05, 3.63) is 53.3 Å². The van der Waals surface area contributed by atoms with Crippen LogP contribution in [0.25, 0.3) is 22.6 Å². The molecule has 0 atom stereocenters. The lowest BCUT2D eigenvalue weighted by Crippen LogP contribution is -2.03. The maximum absolute atomic E-state index is 13.9. The molecule has 1 heterocycles. The second-order valence-electron chi connectivity index (χ2n) is 4.64. The first kappa shape index (κ1) is 17.0. The topological polar surface area (TPSA) is 26.0 Å². The van der Waals surface area contributed by atoms with Crippen LogP contribution in [0.4, 0.5) is 17.6 Å². The van der Waals surface area contributed by atoms with Crippen LogP contribution in [-0.2, 0) is 6.18 Å². The van der Waals surface area contributed by atoms with E-state index in [2.05, 4.69) is 4.98 Å². The predicted octanol–water partition coefficient (Wildman–Crippen LogP) is 5.99. The summed E-state index contributed by atoms with van der Waals surface area (Å²) < 4.78 is 56.7. The Morgan fingerprint density at radius 2 is 1.57 bits per heavy atom. The second kappa shape index (κ2) is 6.40. The first-order valence-electron chi connectivity index (χ1n) is 7.09. The number of rotatable bonds is 1. The molecule has 2 nitrogen and oxygen atoms in total. The van der Waals surface area contributed by atoms with Crippen LogP contribution < -0.4 is 0 Å². The van der Waals surface area contributed by atoms with Gasteiger partial charge in [0.1, 0.15) is 5.52 Å². The number of aromatic nitrogens is 1. The van der Waals surface area contributed by atoms with Crippen molar-refractivity contribution in [2.24, 2.45) is 0 Å². The Morgan fingerprint density at radius 1 is 0.957 bits per heavy atom. The molecule has 0 radical (unpaired) electrons. The molecule has 0 bridgehead atoms. The minimum atomic E-state index is -4.40. The van der Waals surface area contributed by atoms with Gasteiger partial charge >= 0.3 is 6.18 Å². The fourth-order valence-corrected chi connectivity index (χ4v) is 1.98. The van der Waals surface area contributed by atoms with Crippen molar-refractivity contribution in [2.45, 2.75) is 26.9 Å². The molecule has 2 aromatic carbocycles. The normalized spacial score (nSPS) is 11.3. The van der Waals surface area contributed by atoms with E-state index in [1.807, 2.05) is 13.8 Å². The van der Waals surface area contributed by atoms with Crippen LogP contribution in [0.2, 0.25) is 0 Å². The Labute approximate surface area is 130 Å². The minimum Gasteiger partial charge on any atom is -0.433 e. The number of hydrogen-bond acceptors (Lipinski definition) is 2. The van der Waals surface area contributed by atoms with Gasteiger partial charge < -0.3 is 4.42 Å². The van der Waals surface area contributed by atoms with E-state index >= 15 is 0 Å². The van der Waals surface area contributed by atoms with E-state index in [9.17, 15) is 17.6 Å². The summed E-state index contributed by atoms with van der Waals surface area (Å²) in [5, 5.41) is 0. The van der Waals surface area contributed by atoms with E-state index in [1.165, 1.54) is 12.1 Å². The highest BCUT2D eigenvalue weighted by Crippen LogP contribution is 2.32. The first-order valence-corrected chi connectivity index (χ1v) is 7.09. The molecule has 0 saturated carbocycles. The van der Waals surface area contributed by atoms with Gasteiger partial charge in [-0.15, -0.1) is 0 Å². The van der Waals surface area contributed by atoms with E-state index in [0.717, 1.165) is 12.1 Å². The molecule has 122 valence electrons. The summed E-state index contributed by atoms with van der Waals surface area (Å²) in [5.41, 5.74) is 0.344. The Hall–Kier alpha value is -2.37. The van der Waals surface area contributed by atoms with Crippen LogP contribution in [0.3, 0.4) is 0 Å². The van der Waals surface area contributed by atoms with Gasteiger partial charge in [0.25, 0.3) is 0 Å². The maximum Gasteiger partial charge on any atom is 0.416 e. The summed E-state index contributed by atoms with van der Waals surface area (Å²) in [6, 6.07) is 7.54. The number of oxazole rings is 1. The summed E-state index contributed by atoms with van der Waals surface area (Å²) in [6.45, 7) is 5.59. The zero-order valence-corrected chi connectivity index (χ0v) is 12.8. The lowest BCUT2D eigenvalue weighted by atomic mass is 10.1. The summed E-state index contributed by atoms with van der Waals surface area (Å²) in [5.74, 6) is -0.429. The van der Waals surface area contributed by atoms with Gasteiger partial charge in [-0.2, -0.15) is 13.2 Å². The van der Waals surface area contributed by atoms with Crippen LogP contribution >= 0.6 is 0 Å². The monoisotopic (exact) mass is 325 g/mol. The van der Waals surface area contributed by atoms with Gasteiger partial charge in [-0.3, -0.25) is 0 Å². The quantitative estimate of drug-likeness (QED) is 0.514. The van der Waals surface area contributed by atoms with Crippen LogP contribution in [0.5, 0.6) is 0 Å². The summed E-state index contributed by atoms with van der Waals surface area (Å²) in [4.78, 5) is 4.09. The molecule has 0 saturated heterocycles.